The first-order chi connectivity index (χ1) is 11.7. The SMILES string of the molecule is CC(=O)N(CC(=O)Nc1ccccc1Cl)c1ccc(C(C)(C)C)cc1. The summed E-state index contributed by atoms with van der Waals surface area (Å²) in [5, 5.41) is 3.19. The minimum absolute atomic E-state index is 0.0288. The number of benzene rings is 2. The summed E-state index contributed by atoms with van der Waals surface area (Å²) in [6.07, 6.45) is 0. The van der Waals surface area contributed by atoms with E-state index in [-0.39, 0.29) is 23.8 Å². The number of hydrogen-bond acceptors (Lipinski definition) is 2. The van der Waals surface area contributed by atoms with Gasteiger partial charge in [0.05, 0.1) is 10.7 Å². The van der Waals surface area contributed by atoms with Gasteiger partial charge in [0, 0.05) is 12.6 Å². The van der Waals surface area contributed by atoms with Crippen LogP contribution in [-0.2, 0) is 15.0 Å². The first-order valence-electron chi connectivity index (χ1n) is 8.11. The molecule has 0 atom stereocenters. The predicted octanol–water partition coefficient (Wildman–Crippen LogP) is 4.63. The summed E-state index contributed by atoms with van der Waals surface area (Å²) in [4.78, 5) is 25.8. The molecule has 132 valence electrons. The smallest absolute Gasteiger partial charge is 0.244 e. The second-order valence-electron chi connectivity index (χ2n) is 6.93. The van der Waals surface area contributed by atoms with Gasteiger partial charge in [-0.25, -0.2) is 0 Å². The van der Waals surface area contributed by atoms with Crippen molar-refractivity contribution in [2.75, 3.05) is 16.8 Å². The standard InChI is InChI=1S/C20H23ClN2O2/c1-14(24)23(16-11-9-15(10-12-16)20(2,3)4)13-19(25)22-18-8-6-5-7-17(18)21/h5-12H,13H2,1-4H3,(H,22,25). The Morgan fingerprint density at radius 3 is 2.16 bits per heavy atom. The van der Waals surface area contributed by atoms with Gasteiger partial charge < -0.3 is 10.2 Å². The minimum Gasteiger partial charge on any atom is -0.323 e. The molecule has 0 unspecified atom stereocenters. The van der Waals surface area contributed by atoms with Crippen LogP contribution in [0.4, 0.5) is 11.4 Å². The van der Waals surface area contributed by atoms with Gasteiger partial charge in [0.2, 0.25) is 11.8 Å². The van der Waals surface area contributed by atoms with E-state index in [1.807, 2.05) is 24.3 Å². The zero-order chi connectivity index (χ0) is 18.6. The van der Waals surface area contributed by atoms with Crippen LogP contribution in [0.3, 0.4) is 0 Å². The van der Waals surface area contributed by atoms with Crippen molar-refractivity contribution in [3.05, 3.63) is 59.1 Å². The third-order valence-electron chi connectivity index (χ3n) is 3.87. The molecule has 2 amide bonds. The van der Waals surface area contributed by atoms with E-state index in [4.69, 9.17) is 11.6 Å². The Labute approximate surface area is 153 Å². The van der Waals surface area contributed by atoms with Crippen LogP contribution in [0.15, 0.2) is 48.5 Å². The molecule has 0 aliphatic rings. The van der Waals surface area contributed by atoms with Crippen LogP contribution in [0, 0.1) is 0 Å². The van der Waals surface area contributed by atoms with Gasteiger partial charge in [0.25, 0.3) is 0 Å². The molecule has 0 saturated carbocycles. The van der Waals surface area contributed by atoms with Gasteiger partial charge in [-0.3, -0.25) is 9.59 Å². The molecular weight excluding hydrogens is 336 g/mol. The van der Waals surface area contributed by atoms with E-state index in [2.05, 4.69) is 26.1 Å². The number of carbonyl (C=O) groups is 2. The van der Waals surface area contributed by atoms with Crippen LogP contribution in [0.2, 0.25) is 5.02 Å². The molecule has 2 rings (SSSR count). The highest BCUT2D eigenvalue weighted by Gasteiger charge is 2.18. The lowest BCUT2D eigenvalue weighted by atomic mass is 9.87. The van der Waals surface area contributed by atoms with Gasteiger partial charge in [-0.15, -0.1) is 0 Å². The topological polar surface area (TPSA) is 49.4 Å². The van der Waals surface area contributed by atoms with Crippen molar-refractivity contribution < 1.29 is 9.59 Å². The van der Waals surface area contributed by atoms with Crippen LogP contribution < -0.4 is 10.2 Å². The van der Waals surface area contributed by atoms with E-state index < -0.39 is 0 Å². The Morgan fingerprint density at radius 2 is 1.64 bits per heavy atom. The molecule has 0 aliphatic carbocycles. The van der Waals surface area contributed by atoms with Gasteiger partial charge >= 0.3 is 0 Å². The van der Waals surface area contributed by atoms with E-state index in [1.165, 1.54) is 17.4 Å². The van der Waals surface area contributed by atoms with Crippen molar-refractivity contribution in [3.63, 3.8) is 0 Å². The summed E-state index contributed by atoms with van der Waals surface area (Å²) >= 11 is 6.05. The molecule has 4 nitrogen and oxygen atoms in total. The number of hydrogen-bond donors (Lipinski definition) is 1. The molecule has 0 spiro atoms. The quantitative estimate of drug-likeness (QED) is 0.866. The number of anilines is 2. The largest absolute Gasteiger partial charge is 0.323 e. The molecule has 0 bridgehead atoms. The summed E-state index contributed by atoms with van der Waals surface area (Å²) in [5.41, 5.74) is 2.41. The van der Waals surface area contributed by atoms with Crippen molar-refractivity contribution in [1.29, 1.82) is 0 Å². The summed E-state index contributed by atoms with van der Waals surface area (Å²) < 4.78 is 0. The highest BCUT2D eigenvalue weighted by Crippen LogP contribution is 2.25. The van der Waals surface area contributed by atoms with Crippen LogP contribution in [0.25, 0.3) is 0 Å². The molecule has 25 heavy (non-hydrogen) atoms. The van der Waals surface area contributed by atoms with Crippen LogP contribution in [-0.4, -0.2) is 18.4 Å². The second-order valence-corrected chi connectivity index (χ2v) is 7.34. The minimum atomic E-state index is -0.303. The Hall–Kier alpha value is -2.33. The number of amides is 2. The summed E-state index contributed by atoms with van der Waals surface area (Å²) in [6.45, 7) is 7.75. The molecule has 0 aromatic heterocycles. The van der Waals surface area contributed by atoms with Crippen LogP contribution >= 0.6 is 11.6 Å². The molecule has 1 N–H and O–H groups in total. The first-order valence-corrected chi connectivity index (χ1v) is 8.49. The number of para-hydroxylation sites is 1. The maximum absolute atomic E-state index is 12.3. The van der Waals surface area contributed by atoms with Crippen LogP contribution in [0.1, 0.15) is 33.3 Å². The molecule has 0 fully saturated rings. The highest BCUT2D eigenvalue weighted by molar-refractivity contribution is 6.33. The lowest BCUT2D eigenvalue weighted by molar-refractivity contribution is -0.120. The molecular formula is C20H23ClN2O2. The zero-order valence-electron chi connectivity index (χ0n) is 15.0. The van der Waals surface area contributed by atoms with E-state index in [1.54, 1.807) is 24.3 Å². The molecule has 0 saturated heterocycles. The number of rotatable bonds is 4. The molecule has 2 aromatic carbocycles. The van der Waals surface area contributed by atoms with Gasteiger partial charge in [-0.05, 0) is 35.2 Å². The van der Waals surface area contributed by atoms with E-state index in [9.17, 15) is 9.59 Å². The molecule has 0 radical (unpaired) electrons. The fourth-order valence-corrected chi connectivity index (χ4v) is 2.60. The third-order valence-corrected chi connectivity index (χ3v) is 4.20. The van der Waals surface area contributed by atoms with Crippen LogP contribution in [0.5, 0.6) is 0 Å². The van der Waals surface area contributed by atoms with E-state index in [0.29, 0.717) is 16.4 Å². The summed E-state index contributed by atoms with van der Waals surface area (Å²) in [5.74, 6) is -0.499. The molecule has 2 aromatic rings. The zero-order valence-corrected chi connectivity index (χ0v) is 15.7. The normalized spacial score (nSPS) is 11.1. The average molecular weight is 359 g/mol. The summed E-state index contributed by atoms with van der Waals surface area (Å²) in [6, 6.07) is 14.7. The van der Waals surface area contributed by atoms with Crippen molar-refractivity contribution in [3.8, 4) is 0 Å². The second kappa shape index (κ2) is 7.70. The number of carbonyl (C=O) groups excluding carboxylic acids is 2. The number of halogens is 1. The Balaban J connectivity index is 2.14. The maximum Gasteiger partial charge on any atom is 0.244 e. The summed E-state index contributed by atoms with van der Waals surface area (Å²) in [7, 11) is 0. The third kappa shape index (κ3) is 5.07. The maximum atomic E-state index is 12.3. The van der Waals surface area contributed by atoms with Crippen molar-refractivity contribution >= 4 is 34.8 Å². The molecule has 0 aliphatic heterocycles. The Kier molecular flexibility index (Phi) is 5.85. The Morgan fingerprint density at radius 1 is 1.04 bits per heavy atom. The lowest BCUT2D eigenvalue weighted by Crippen LogP contribution is -2.36. The Bertz CT molecular complexity index is 764. The number of nitrogens with zero attached hydrogens (tertiary/aromatic N) is 1. The fraction of sp³-hybridized carbons (Fsp3) is 0.300. The average Bonchev–Trinajstić information content (AvgIpc) is 2.54. The predicted molar refractivity (Wildman–Crippen MR) is 103 cm³/mol. The number of nitrogens with one attached hydrogen (secondary N) is 1. The monoisotopic (exact) mass is 358 g/mol. The van der Waals surface area contributed by atoms with Crippen molar-refractivity contribution in [1.82, 2.24) is 0 Å². The lowest BCUT2D eigenvalue weighted by Gasteiger charge is -2.23. The highest BCUT2D eigenvalue weighted by atomic mass is 35.5. The molecule has 5 heteroatoms. The first kappa shape index (κ1) is 19.0. The van der Waals surface area contributed by atoms with E-state index >= 15 is 0 Å². The van der Waals surface area contributed by atoms with E-state index in [0.717, 1.165) is 0 Å². The fourth-order valence-electron chi connectivity index (χ4n) is 2.42. The van der Waals surface area contributed by atoms with Crippen molar-refractivity contribution in [2.24, 2.45) is 0 Å². The van der Waals surface area contributed by atoms with Gasteiger partial charge in [0.15, 0.2) is 0 Å². The van der Waals surface area contributed by atoms with Gasteiger partial charge in [-0.1, -0.05) is 56.6 Å². The van der Waals surface area contributed by atoms with Gasteiger partial charge in [0.1, 0.15) is 6.54 Å². The van der Waals surface area contributed by atoms with Crippen molar-refractivity contribution in [2.45, 2.75) is 33.1 Å². The molecule has 0 heterocycles. The van der Waals surface area contributed by atoms with Gasteiger partial charge in [-0.2, -0.15) is 0 Å².